The van der Waals surface area contributed by atoms with Gasteiger partial charge in [0.15, 0.2) is 5.54 Å². The lowest BCUT2D eigenvalue weighted by Gasteiger charge is -2.28. The molecule has 1 atom stereocenters. The average Bonchev–Trinajstić information content (AvgIpc) is 2.72. The summed E-state index contributed by atoms with van der Waals surface area (Å²) in [5.74, 6) is -1.21. The lowest BCUT2D eigenvalue weighted by atomic mass is 9.99. The Kier molecular flexibility index (Phi) is 5.03. The second-order valence-corrected chi connectivity index (χ2v) is 5.88. The van der Waals surface area contributed by atoms with E-state index in [9.17, 15) is 19.5 Å². The largest absolute Gasteiger partial charge is 0.479 e. The number of rotatable bonds is 3. The summed E-state index contributed by atoms with van der Waals surface area (Å²) < 4.78 is 9.90. The van der Waals surface area contributed by atoms with Crippen LogP contribution in [0.15, 0.2) is 0 Å². The molecule has 0 aliphatic carbocycles. The molecule has 1 aliphatic rings. The zero-order valence-corrected chi connectivity index (χ0v) is 12.8. The van der Waals surface area contributed by atoms with Crippen molar-refractivity contribution >= 4 is 18.2 Å². The SMILES string of the molecule is CCOC(=O)N1CCC(NC(=O)OC(C)(C)C)(C(=O)O)C1. The van der Waals surface area contributed by atoms with E-state index in [0.717, 1.165) is 0 Å². The van der Waals surface area contributed by atoms with Gasteiger partial charge in [0.05, 0.1) is 13.2 Å². The molecule has 120 valence electrons. The maximum atomic E-state index is 11.8. The van der Waals surface area contributed by atoms with Crippen molar-refractivity contribution in [3.8, 4) is 0 Å². The molecule has 1 saturated heterocycles. The molecule has 0 saturated carbocycles. The summed E-state index contributed by atoms with van der Waals surface area (Å²) in [5.41, 5.74) is -2.28. The summed E-state index contributed by atoms with van der Waals surface area (Å²) in [7, 11) is 0. The van der Waals surface area contributed by atoms with Crippen LogP contribution in [-0.2, 0) is 14.3 Å². The van der Waals surface area contributed by atoms with Crippen LogP contribution in [0.3, 0.4) is 0 Å². The van der Waals surface area contributed by atoms with Crippen LogP contribution < -0.4 is 5.32 Å². The van der Waals surface area contributed by atoms with Crippen LogP contribution in [0.4, 0.5) is 9.59 Å². The van der Waals surface area contributed by atoms with E-state index < -0.39 is 29.3 Å². The zero-order chi connectivity index (χ0) is 16.3. The van der Waals surface area contributed by atoms with Gasteiger partial charge in [-0.25, -0.2) is 14.4 Å². The van der Waals surface area contributed by atoms with E-state index in [2.05, 4.69) is 5.32 Å². The Labute approximate surface area is 123 Å². The lowest BCUT2D eigenvalue weighted by molar-refractivity contribution is -0.144. The molecule has 0 aromatic carbocycles. The minimum absolute atomic E-state index is 0.0976. The van der Waals surface area contributed by atoms with E-state index in [1.165, 1.54) is 4.90 Å². The molecular formula is C13H22N2O6. The molecule has 1 fully saturated rings. The number of nitrogens with zero attached hydrogens (tertiary/aromatic N) is 1. The molecule has 8 nitrogen and oxygen atoms in total. The van der Waals surface area contributed by atoms with E-state index in [1.807, 2.05) is 0 Å². The van der Waals surface area contributed by atoms with Crippen molar-refractivity contribution in [1.82, 2.24) is 10.2 Å². The van der Waals surface area contributed by atoms with Crippen molar-refractivity contribution in [2.75, 3.05) is 19.7 Å². The number of likely N-dealkylation sites (tertiary alicyclic amines) is 1. The zero-order valence-electron chi connectivity index (χ0n) is 12.8. The van der Waals surface area contributed by atoms with Crippen molar-refractivity contribution in [1.29, 1.82) is 0 Å². The highest BCUT2D eigenvalue weighted by molar-refractivity contribution is 5.86. The Balaban J connectivity index is 2.76. The number of aliphatic carboxylic acids is 1. The van der Waals surface area contributed by atoms with E-state index in [0.29, 0.717) is 0 Å². The number of hydrogen-bond acceptors (Lipinski definition) is 5. The standard InChI is InChI=1S/C13H22N2O6/c1-5-20-11(19)15-7-6-13(8-15,9(16)17)14-10(18)21-12(2,3)4/h5-8H2,1-4H3,(H,14,18)(H,16,17). The number of amides is 2. The van der Waals surface area contributed by atoms with Gasteiger partial charge in [0.1, 0.15) is 5.60 Å². The van der Waals surface area contributed by atoms with Crippen molar-refractivity contribution in [2.45, 2.75) is 45.3 Å². The molecule has 0 bridgehead atoms. The lowest BCUT2D eigenvalue weighted by Crippen LogP contribution is -2.57. The van der Waals surface area contributed by atoms with Crippen LogP contribution in [0.1, 0.15) is 34.1 Å². The first-order chi connectivity index (χ1) is 9.59. The van der Waals surface area contributed by atoms with Crippen LogP contribution in [0.2, 0.25) is 0 Å². The van der Waals surface area contributed by atoms with Crippen LogP contribution in [-0.4, -0.2) is 59.0 Å². The van der Waals surface area contributed by atoms with Gasteiger partial charge >= 0.3 is 18.2 Å². The average molecular weight is 302 g/mol. The number of carbonyl (C=O) groups excluding carboxylic acids is 2. The van der Waals surface area contributed by atoms with E-state index in [-0.39, 0.29) is 26.1 Å². The Morgan fingerprint density at radius 2 is 1.95 bits per heavy atom. The van der Waals surface area contributed by atoms with Crippen LogP contribution in [0.25, 0.3) is 0 Å². The first-order valence-electron chi connectivity index (χ1n) is 6.76. The van der Waals surface area contributed by atoms with Gasteiger partial charge in [0.2, 0.25) is 0 Å². The van der Waals surface area contributed by atoms with Crippen LogP contribution in [0.5, 0.6) is 0 Å². The predicted molar refractivity (Wildman–Crippen MR) is 72.9 cm³/mol. The van der Waals surface area contributed by atoms with Gasteiger partial charge in [-0.2, -0.15) is 0 Å². The number of ether oxygens (including phenoxy) is 2. The fourth-order valence-electron chi connectivity index (χ4n) is 2.01. The third-order valence-corrected chi connectivity index (χ3v) is 2.94. The fourth-order valence-corrected chi connectivity index (χ4v) is 2.01. The van der Waals surface area contributed by atoms with Gasteiger partial charge in [-0.3, -0.25) is 0 Å². The summed E-state index contributed by atoms with van der Waals surface area (Å²) in [4.78, 5) is 36.2. The highest BCUT2D eigenvalue weighted by Gasteiger charge is 2.48. The molecule has 1 aliphatic heterocycles. The van der Waals surface area contributed by atoms with E-state index in [1.54, 1.807) is 27.7 Å². The Morgan fingerprint density at radius 3 is 2.43 bits per heavy atom. The van der Waals surface area contributed by atoms with Gasteiger partial charge in [0.25, 0.3) is 0 Å². The maximum absolute atomic E-state index is 11.8. The summed E-state index contributed by atoms with van der Waals surface area (Å²) in [5, 5.41) is 11.8. The second kappa shape index (κ2) is 6.19. The summed E-state index contributed by atoms with van der Waals surface area (Å²) in [6, 6.07) is 0. The smallest absolute Gasteiger partial charge is 0.409 e. The molecular weight excluding hydrogens is 280 g/mol. The molecule has 8 heteroatoms. The normalized spacial score (nSPS) is 21.8. The van der Waals surface area contributed by atoms with Crippen LogP contribution in [0, 0.1) is 0 Å². The second-order valence-electron chi connectivity index (χ2n) is 5.88. The minimum Gasteiger partial charge on any atom is -0.479 e. The highest BCUT2D eigenvalue weighted by Crippen LogP contribution is 2.23. The molecule has 21 heavy (non-hydrogen) atoms. The third-order valence-electron chi connectivity index (χ3n) is 2.94. The molecule has 2 amide bonds. The summed E-state index contributed by atoms with van der Waals surface area (Å²) in [6.45, 7) is 6.95. The van der Waals surface area contributed by atoms with Gasteiger partial charge < -0.3 is 24.8 Å². The first-order valence-corrected chi connectivity index (χ1v) is 6.76. The van der Waals surface area contributed by atoms with E-state index in [4.69, 9.17) is 9.47 Å². The molecule has 2 N–H and O–H groups in total. The number of hydrogen-bond donors (Lipinski definition) is 2. The summed E-state index contributed by atoms with van der Waals surface area (Å²) >= 11 is 0. The molecule has 1 heterocycles. The molecule has 0 aromatic heterocycles. The predicted octanol–water partition coefficient (Wildman–Crippen LogP) is 1.20. The Hall–Kier alpha value is -1.99. The number of carboxylic acid groups (broad SMARTS) is 1. The van der Waals surface area contributed by atoms with Crippen molar-refractivity contribution in [3.05, 3.63) is 0 Å². The topological polar surface area (TPSA) is 105 Å². The maximum Gasteiger partial charge on any atom is 0.409 e. The quantitative estimate of drug-likeness (QED) is 0.811. The van der Waals surface area contributed by atoms with E-state index >= 15 is 0 Å². The third kappa shape index (κ3) is 4.51. The van der Waals surface area contributed by atoms with Gasteiger partial charge in [0, 0.05) is 13.0 Å². The molecule has 1 rings (SSSR count). The van der Waals surface area contributed by atoms with Crippen molar-refractivity contribution in [3.63, 3.8) is 0 Å². The first kappa shape index (κ1) is 17.1. The van der Waals surface area contributed by atoms with Gasteiger partial charge in [-0.15, -0.1) is 0 Å². The Morgan fingerprint density at radius 1 is 1.33 bits per heavy atom. The van der Waals surface area contributed by atoms with Crippen molar-refractivity contribution < 1.29 is 29.0 Å². The fraction of sp³-hybridized carbons (Fsp3) is 0.769. The molecule has 0 radical (unpaired) electrons. The Bertz CT molecular complexity index is 431. The van der Waals surface area contributed by atoms with Gasteiger partial charge in [-0.05, 0) is 27.7 Å². The van der Waals surface area contributed by atoms with Crippen molar-refractivity contribution in [2.24, 2.45) is 0 Å². The number of alkyl carbamates (subject to hydrolysis) is 1. The minimum atomic E-state index is -1.55. The number of nitrogens with one attached hydrogen (secondary N) is 1. The molecule has 0 spiro atoms. The monoisotopic (exact) mass is 302 g/mol. The number of carboxylic acids is 1. The molecule has 0 aromatic rings. The summed E-state index contributed by atoms with van der Waals surface area (Å²) in [6.07, 6.45) is -1.32. The van der Waals surface area contributed by atoms with Gasteiger partial charge in [-0.1, -0.05) is 0 Å². The highest BCUT2D eigenvalue weighted by atomic mass is 16.6. The number of carbonyl (C=O) groups is 3. The molecule has 1 unspecified atom stereocenters. The van der Waals surface area contributed by atoms with Crippen LogP contribution >= 0.6 is 0 Å².